The van der Waals surface area contributed by atoms with E-state index in [1.54, 1.807) is 4.68 Å². The van der Waals surface area contributed by atoms with Gasteiger partial charge in [0.25, 0.3) is 5.91 Å². The molecular weight excluding hydrogens is 304 g/mol. The first kappa shape index (κ1) is 16.5. The molecule has 3 N–H and O–H groups in total. The fourth-order valence-corrected chi connectivity index (χ4v) is 2.75. The maximum atomic E-state index is 11.7. The van der Waals surface area contributed by atoms with Crippen molar-refractivity contribution < 1.29 is 10.0 Å². The number of hydrogen-bond donors (Lipinski definition) is 2. The summed E-state index contributed by atoms with van der Waals surface area (Å²) in [7, 11) is 1.82. The first-order valence-electron chi connectivity index (χ1n) is 6.86. The predicted molar refractivity (Wildman–Crippen MR) is 85.4 cm³/mol. The summed E-state index contributed by atoms with van der Waals surface area (Å²) in [6, 6.07) is 7.41. The third kappa shape index (κ3) is 2.61. The van der Waals surface area contributed by atoms with Crippen LogP contribution in [0.25, 0.3) is 0 Å². The van der Waals surface area contributed by atoms with Crippen molar-refractivity contribution in [1.29, 1.82) is 0 Å². The smallest absolute Gasteiger partial charge is 0.269 e. The van der Waals surface area contributed by atoms with E-state index in [0.29, 0.717) is 23.7 Å². The topological polar surface area (TPSA) is 84.4 Å². The quantitative estimate of drug-likeness (QED) is 0.817. The zero-order valence-electron chi connectivity index (χ0n) is 12.5. The summed E-state index contributed by atoms with van der Waals surface area (Å²) >= 11 is 0. The third-order valence-electron chi connectivity index (χ3n) is 4.02. The van der Waals surface area contributed by atoms with E-state index in [1.807, 2.05) is 19.2 Å². The Balaban J connectivity index is 0.00000176. The van der Waals surface area contributed by atoms with Gasteiger partial charge in [-0.15, -0.1) is 12.4 Å². The number of amides is 1. The van der Waals surface area contributed by atoms with Crippen molar-refractivity contribution in [2.75, 3.05) is 5.06 Å². The van der Waals surface area contributed by atoms with Gasteiger partial charge in [0.05, 0.1) is 6.04 Å². The predicted octanol–water partition coefficient (Wildman–Crippen LogP) is 1.35. The maximum Gasteiger partial charge on any atom is 0.269 e. The van der Waals surface area contributed by atoms with Crippen LogP contribution in [0, 0.1) is 6.92 Å². The Hall–Kier alpha value is -1.89. The molecule has 1 aliphatic heterocycles. The number of aromatic nitrogens is 2. The Kier molecular flexibility index (Phi) is 4.55. The molecule has 0 saturated carbocycles. The van der Waals surface area contributed by atoms with Crippen LogP contribution in [0.15, 0.2) is 24.3 Å². The van der Waals surface area contributed by atoms with Gasteiger partial charge in [-0.2, -0.15) is 10.2 Å². The Morgan fingerprint density at radius 3 is 2.77 bits per heavy atom. The number of aryl methyl sites for hydroxylation is 2. The molecule has 0 bridgehead atoms. The number of anilines is 1. The number of hydroxylamine groups is 1. The lowest BCUT2D eigenvalue weighted by Crippen LogP contribution is -2.47. The number of nitrogens with zero attached hydrogens (tertiary/aromatic N) is 3. The van der Waals surface area contributed by atoms with Crippen molar-refractivity contribution in [3.63, 3.8) is 0 Å². The van der Waals surface area contributed by atoms with Gasteiger partial charge < -0.3 is 5.73 Å². The molecule has 1 aliphatic rings. The Morgan fingerprint density at radius 1 is 1.41 bits per heavy atom. The fourth-order valence-electron chi connectivity index (χ4n) is 2.75. The Bertz CT molecular complexity index is 714. The van der Waals surface area contributed by atoms with Crippen molar-refractivity contribution >= 4 is 24.1 Å². The van der Waals surface area contributed by atoms with Gasteiger partial charge in [0, 0.05) is 31.1 Å². The molecule has 0 fully saturated rings. The minimum Gasteiger partial charge on any atom is -0.320 e. The molecule has 1 aromatic heterocycles. The van der Waals surface area contributed by atoms with Crippen molar-refractivity contribution in [2.24, 2.45) is 12.8 Å². The van der Waals surface area contributed by atoms with Gasteiger partial charge in [0.2, 0.25) is 0 Å². The van der Waals surface area contributed by atoms with Crippen LogP contribution < -0.4 is 10.8 Å². The minimum atomic E-state index is -0.720. The summed E-state index contributed by atoms with van der Waals surface area (Å²) in [5.41, 5.74) is 10.0. The highest BCUT2D eigenvalue weighted by molar-refractivity contribution is 5.97. The molecule has 118 valence electrons. The van der Waals surface area contributed by atoms with Gasteiger partial charge in [-0.3, -0.25) is 14.7 Å². The SMILES string of the molecule is Cc1ccccc1Cc1c2c(nn1C)N(O)C(=O)[C@@H](N)C2.Cl. The second-order valence-corrected chi connectivity index (χ2v) is 5.44. The van der Waals surface area contributed by atoms with E-state index < -0.39 is 11.9 Å². The van der Waals surface area contributed by atoms with Crippen molar-refractivity contribution in [3.05, 3.63) is 46.6 Å². The number of carbonyl (C=O) groups excluding carboxylic acids is 1. The zero-order chi connectivity index (χ0) is 15.1. The number of carbonyl (C=O) groups is 1. The highest BCUT2D eigenvalue weighted by atomic mass is 35.5. The number of halogens is 1. The minimum absolute atomic E-state index is 0. The second-order valence-electron chi connectivity index (χ2n) is 5.44. The lowest BCUT2D eigenvalue weighted by molar-refractivity contribution is -0.125. The van der Waals surface area contributed by atoms with Crippen LogP contribution in [-0.2, 0) is 24.7 Å². The van der Waals surface area contributed by atoms with Crippen LogP contribution in [-0.4, -0.2) is 26.9 Å². The summed E-state index contributed by atoms with van der Waals surface area (Å²) in [4.78, 5) is 11.7. The number of fused-ring (bicyclic) bond motifs is 1. The molecule has 1 aromatic carbocycles. The van der Waals surface area contributed by atoms with Crippen LogP contribution >= 0.6 is 12.4 Å². The highest BCUT2D eigenvalue weighted by Gasteiger charge is 2.34. The summed E-state index contributed by atoms with van der Waals surface area (Å²) < 4.78 is 1.71. The summed E-state index contributed by atoms with van der Waals surface area (Å²) in [6.07, 6.45) is 1.10. The standard InChI is InChI=1S/C15H18N4O2.ClH/c1-9-5-3-4-6-10(9)7-13-11-8-12(16)15(20)19(21)14(11)17-18(13)2;/h3-6,12,21H,7-8,16H2,1-2H3;1H/t12-;/m0./s1. The molecule has 2 aromatic rings. The normalized spacial score (nSPS) is 17.2. The third-order valence-corrected chi connectivity index (χ3v) is 4.02. The number of hydrogen-bond acceptors (Lipinski definition) is 4. The monoisotopic (exact) mass is 322 g/mol. The number of nitrogens with two attached hydrogens (primary N) is 1. The molecule has 7 heteroatoms. The molecule has 0 saturated heterocycles. The maximum absolute atomic E-state index is 11.7. The average Bonchev–Trinajstić information content (AvgIpc) is 2.76. The van der Waals surface area contributed by atoms with Crippen LogP contribution in [0.3, 0.4) is 0 Å². The zero-order valence-corrected chi connectivity index (χ0v) is 13.3. The van der Waals surface area contributed by atoms with Crippen LogP contribution in [0.4, 0.5) is 5.82 Å². The average molecular weight is 323 g/mol. The van der Waals surface area contributed by atoms with Crippen LogP contribution in [0.1, 0.15) is 22.4 Å². The van der Waals surface area contributed by atoms with E-state index in [2.05, 4.69) is 24.2 Å². The molecule has 0 aliphatic carbocycles. The molecule has 0 radical (unpaired) electrons. The molecule has 0 unspecified atom stereocenters. The van der Waals surface area contributed by atoms with Crippen molar-refractivity contribution in [2.45, 2.75) is 25.8 Å². The Labute approximate surface area is 134 Å². The molecule has 3 rings (SSSR count). The second kappa shape index (κ2) is 6.08. The van der Waals surface area contributed by atoms with Gasteiger partial charge in [-0.1, -0.05) is 24.3 Å². The molecule has 6 nitrogen and oxygen atoms in total. The van der Waals surface area contributed by atoms with Gasteiger partial charge in [-0.05, 0) is 18.1 Å². The number of rotatable bonds is 2. The fraction of sp³-hybridized carbons (Fsp3) is 0.333. The lowest BCUT2D eigenvalue weighted by Gasteiger charge is -2.24. The van der Waals surface area contributed by atoms with E-state index in [-0.39, 0.29) is 12.4 Å². The van der Waals surface area contributed by atoms with E-state index in [9.17, 15) is 10.0 Å². The molecule has 1 amide bonds. The van der Waals surface area contributed by atoms with Gasteiger partial charge in [0.15, 0.2) is 5.82 Å². The van der Waals surface area contributed by atoms with Gasteiger partial charge >= 0.3 is 0 Å². The largest absolute Gasteiger partial charge is 0.320 e. The molecular formula is C15H19ClN4O2. The molecule has 2 heterocycles. The highest BCUT2D eigenvalue weighted by Crippen LogP contribution is 2.29. The van der Waals surface area contributed by atoms with E-state index in [1.165, 1.54) is 11.1 Å². The van der Waals surface area contributed by atoms with Crippen molar-refractivity contribution in [1.82, 2.24) is 9.78 Å². The van der Waals surface area contributed by atoms with Gasteiger partial charge in [0.1, 0.15) is 0 Å². The Morgan fingerprint density at radius 2 is 2.09 bits per heavy atom. The van der Waals surface area contributed by atoms with E-state index >= 15 is 0 Å². The summed E-state index contributed by atoms with van der Waals surface area (Å²) in [6.45, 7) is 2.06. The summed E-state index contributed by atoms with van der Waals surface area (Å²) in [5.74, 6) is -0.212. The molecule has 22 heavy (non-hydrogen) atoms. The van der Waals surface area contributed by atoms with Crippen LogP contribution in [0.5, 0.6) is 0 Å². The lowest BCUT2D eigenvalue weighted by atomic mass is 9.96. The summed E-state index contributed by atoms with van der Waals surface area (Å²) in [5, 5.41) is 14.7. The van der Waals surface area contributed by atoms with Gasteiger partial charge in [-0.25, -0.2) is 0 Å². The molecule has 0 spiro atoms. The van der Waals surface area contributed by atoms with E-state index in [0.717, 1.165) is 11.3 Å². The van der Waals surface area contributed by atoms with Crippen molar-refractivity contribution in [3.8, 4) is 0 Å². The van der Waals surface area contributed by atoms with Crippen LogP contribution in [0.2, 0.25) is 0 Å². The molecule has 1 atom stereocenters. The van der Waals surface area contributed by atoms with E-state index in [4.69, 9.17) is 5.73 Å². The number of benzene rings is 1. The first-order valence-corrected chi connectivity index (χ1v) is 6.86. The first-order chi connectivity index (χ1) is 9.99.